The lowest BCUT2D eigenvalue weighted by Crippen LogP contribution is -2.46. The van der Waals surface area contributed by atoms with Crippen LogP contribution in [-0.2, 0) is 0 Å². The Morgan fingerprint density at radius 2 is 1.62 bits per heavy atom. The molecule has 0 spiro atoms. The van der Waals surface area contributed by atoms with Gasteiger partial charge in [-0.2, -0.15) is 0 Å². The number of benzene rings is 1. The summed E-state index contributed by atoms with van der Waals surface area (Å²) in [6.45, 7) is 2.89. The van der Waals surface area contributed by atoms with Crippen molar-refractivity contribution in [2.75, 3.05) is 31.1 Å². The summed E-state index contributed by atoms with van der Waals surface area (Å²) in [5.74, 6) is 1.62. The van der Waals surface area contributed by atoms with Crippen molar-refractivity contribution in [2.24, 2.45) is 0 Å². The van der Waals surface area contributed by atoms with Crippen LogP contribution in [0.1, 0.15) is 36.1 Å². The van der Waals surface area contributed by atoms with E-state index in [0.717, 1.165) is 54.0 Å². The van der Waals surface area contributed by atoms with Crippen LogP contribution in [0.15, 0.2) is 48.8 Å². The smallest absolute Gasteiger partial charge is 0.407 e. The van der Waals surface area contributed by atoms with Crippen LogP contribution < -0.4 is 4.90 Å². The molecule has 7 nitrogen and oxygen atoms in total. The van der Waals surface area contributed by atoms with Crippen LogP contribution in [0.5, 0.6) is 0 Å². The molecule has 0 saturated carbocycles. The maximum absolute atomic E-state index is 11.2. The van der Waals surface area contributed by atoms with E-state index in [1.54, 1.807) is 12.4 Å². The fourth-order valence-electron chi connectivity index (χ4n) is 4.40. The van der Waals surface area contributed by atoms with E-state index in [-0.39, 0.29) is 5.92 Å². The van der Waals surface area contributed by atoms with E-state index < -0.39 is 6.09 Å². The van der Waals surface area contributed by atoms with Crippen LogP contribution in [0.4, 0.5) is 10.6 Å². The summed E-state index contributed by atoms with van der Waals surface area (Å²) in [6.07, 6.45) is 4.30. The molecule has 1 aromatic carbocycles. The van der Waals surface area contributed by atoms with Gasteiger partial charge >= 0.3 is 6.09 Å². The molecule has 7 heteroatoms. The first-order chi connectivity index (χ1) is 14.2. The minimum atomic E-state index is -0.833. The number of aromatic nitrogens is 3. The third-order valence-electron chi connectivity index (χ3n) is 6.08. The third-order valence-corrected chi connectivity index (χ3v) is 6.08. The lowest BCUT2D eigenvalue weighted by atomic mass is 9.86. The normalized spacial score (nSPS) is 18.1. The average Bonchev–Trinajstić information content (AvgIpc) is 2.73. The Morgan fingerprint density at radius 3 is 2.34 bits per heavy atom. The number of piperidine rings is 1. The van der Waals surface area contributed by atoms with Crippen molar-refractivity contribution in [3.05, 3.63) is 60.2 Å². The number of carbonyl (C=O) groups is 1. The number of carboxylic acid groups (broad SMARTS) is 1. The summed E-state index contributed by atoms with van der Waals surface area (Å²) < 4.78 is 0. The highest BCUT2D eigenvalue weighted by atomic mass is 16.4. The van der Waals surface area contributed by atoms with Crippen LogP contribution >= 0.6 is 0 Å². The van der Waals surface area contributed by atoms with Crippen molar-refractivity contribution < 1.29 is 9.90 Å². The summed E-state index contributed by atoms with van der Waals surface area (Å²) in [5.41, 5.74) is 3.13. The number of likely N-dealkylation sites (tertiary alicyclic amines) is 1. The molecule has 4 heterocycles. The molecule has 0 atom stereocenters. The molecular weight excluding hydrogens is 366 g/mol. The Labute approximate surface area is 169 Å². The van der Waals surface area contributed by atoms with E-state index in [1.165, 1.54) is 4.90 Å². The van der Waals surface area contributed by atoms with Gasteiger partial charge in [-0.1, -0.05) is 18.2 Å². The highest BCUT2D eigenvalue weighted by molar-refractivity contribution is 5.80. The van der Waals surface area contributed by atoms with E-state index in [4.69, 9.17) is 4.98 Å². The Kier molecular flexibility index (Phi) is 4.50. The second kappa shape index (κ2) is 7.31. The van der Waals surface area contributed by atoms with Crippen molar-refractivity contribution in [3.8, 4) is 0 Å². The van der Waals surface area contributed by atoms with Crippen molar-refractivity contribution in [1.29, 1.82) is 0 Å². The first-order valence-electron chi connectivity index (χ1n) is 10.1. The highest BCUT2D eigenvalue weighted by Gasteiger charge is 2.35. The van der Waals surface area contributed by atoms with Gasteiger partial charge in [0.1, 0.15) is 5.82 Å². The van der Waals surface area contributed by atoms with Crippen LogP contribution in [-0.4, -0.2) is 57.2 Å². The summed E-state index contributed by atoms with van der Waals surface area (Å²) in [4.78, 5) is 29.0. The van der Waals surface area contributed by atoms with Crippen LogP contribution in [0, 0.1) is 0 Å². The molecular formula is C22H23N5O2. The second-order valence-corrected chi connectivity index (χ2v) is 7.83. The number of rotatable bonds is 3. The first-order valence-corrected chi connectivity index (χ1v) is 10.1. The number of anilines is 1. The number of nitrogens with zero attached hydrogens (tertiary/aromatic N) is 5. The molecule has 2 fully saturated rings. The molecule has 2 aromatic heterocycles. The standard InChI is InChI=1S/C22H23N5O2/c28-22(29)26-11-7-16(8-12-26)20-21(24-10-9-23-20)17-13-27(14-17)19-6-5-15-3-1-2-4-18(15)25-19/h1-6,9-10,16-17H,7-8,11-14H2,(H,28,29). The fraction of sp³-hybridized carbons (Fsp3) is 0.364. The van der Waals surface area contributed by atoms with Gasteiger partial charge < -0.3 is 14.9 Å². The number of para-hydroxylation sites is 1. The van der Waals surface area contributed by atoms with Crippen LogP contribution in [0.25, 0.3) is 10.9 Å². The number of hydrogen-bond donors (Lipinski definition) is 1. The molecule has 1 N–H and O–H groups in total. The molecule has 2 aliphatic rings. The molecule has 0 radical (unpaired) electrons. The zero-order valence-electron chi connectivity index (χ0n) is 16.1. The van der Waals surface area contributed by atoms with Crippen molar-refractivity contribution in [1.82, 2.24) is 19.9 Å². The lowest BCUT2D eigenvalue weighted by molar-refractivity contribution is 0.131. The van der Waals surface area contributed by atoms with Gasteiger partial charge in [-0.25, -0.2) is 9.78 Å². The van der Waals surface area contributed by atoms with Gasteiger partial charge in [0, 0.05) is 55.8 Å². The van der Waals surface area contributed by atoms with Gasteiger partial charge in [0.2, 0.25) is 0 Å². The number of hydrogen-bond acceptors (Lipinski definition) is 5. The minimum absolute atomic E-state index is 0.280. The Bertz CT molecular complexity index is 1040. The van der Waals surface area contributed by atoms with Gasteiger partial charge in [0.15, 0.2) is 0 Å². The lowest BCUT2D eigenvalue weighted by Gasteiger charge is -2.41. The van der Waals surface area contributed by atoms with Crippen molar-refractivity contribution in [3.63, 3.8) is 0 Å². The van der Waals surface area contributed by atoms with Crippen molar-refractivity contribution >= 4 is 22.8 Å². The molecule has 5 rings (SSSR count). The average molecular weight is 389 g/mol. The first kappa shape index (κ1) is 17.8. The Hall–Kier alpha value is -3.22. The van der Waals surface area contributed by atoms with Gasteiger partial charge in [-0.05, 0) is 31.0 Å². The molecule has 3 aromatic rings. The summed E-state index contributed by atoms with van der Waals surface area (Å²) >= 11 is 0. The summed E-state index contributed by atoms with van der Waals surface area (Å²) in [7, 11) is 0. The van der Waals surface area contributed by atoms with Gasteiger partial charge in [-0.3, -0.25) is 9.97 Å². The Balaban J connectivity index is 1.30. The highest BCUT2D eigenvalue weighted by Crippen LogP contribution is 2.36. The molecule has 0 bridgehead atoms. The zero-order valence-corrected chi connectivity index (χ0v) is 16.1. The molecule has 29 heavy (non-hydrogen) atoms. The largest absolute Gasteiger partial charge is 0.465 e. The molecule has 148 valence electrons. The molecule has 0 unspecified atom stereocenters. The minimum Gasteiger partial charge on any atom is -0.465 e. The Morgan fingerprint density at radius 1 is 0.931 bits per heavy atom. The topological polar surface area (TPSA) is 82.4 Å². The summed E-state index contributed by atoms with van der Waals surface area (Å²) in [6, 6.07) is 12.4. The van der Waals surface area contributed by atoms with E-state index in [2.05, 4.69) is 33.1 Å². The molecule has 1 amide bonds. The third kappa shape index (κ3) is 3.37. The van der Waals surface area contributed by atoms with E-state index in [0.29, 0.717) is 19.0 Å². The maximum atomic E-state index is 11.2. The maximum Gasteiger partial charge on any atom is 0.407 e. The van der Waals surface area contributed by atoms with E-state index in [9.17, 15) is 9.90 Å². The summed E-state index contributed by atoms with van der Waals surface area (Å²) in [5, 5.41) is 10.3. The zero-order chi connectivity index (χ0) is 19.8. The SMILES string of the molecule is O=C(O)N1CCC(c2nccnc2C2CN(c3ccc4ccccc4n3)C2)CC1. The fourth-order valence-corrected chi connectivity index (χ4v) is 4.40. The predicted octanol–water partition coefficient (Wildman–Crippen LogP) is 3.49. The van der Waals surface area contributed by atoms with E-state index >= 15 is 0 Å². The van der Waals surface area contributed by atoms with Gasteiger partial charge in [0.05, 0.1) is 16.9 Å². The van der Waals surface area contributed by atoms with E-state index in [1.807, 2.05) is 18.2 Å². The number of fused-ring (bicyclic) bond motifs is 1. The molecule has 0 aliphatic carbocycles. The van der Waals surface area contributed by atoms with Crippen molar-refractivity contribution in [2.45, 2.75) is 24.7 Å². The number of pyridine rings is 1. The quantitative estimate of drug-likeness (QED) is 0.738. The predicted molar refractivity (Wildman–Crippen MR) is 110 cm³/mol. The number of amides is 1. The van der Waals surface area contributed by atoms with Crippen LogP contribution in [0.3, 0.4) is 0 Å². The second-order valence-electron chi connectivity index (χ2n) is 7.83. The molecule has 2 aliphatic heterocycles. The van der Waals surface area contributed by atoms with Crippen LogP contribution in [0.2, 0.25) is 0 Å². The monoisotopic (exact) mass is 389 g/mol. The van der Waals surface area contributed by atoms with Gasteiger partial charge in [-0.15, -0.1) is 0 Å². The van der Waals surface area contributed by atoms with Gasteiger partial charge in [0.25, 0.3) is 0 Å². The molecule has 2 saturated heterocycles.